The molecule has 1 heterocycles. The zero-order valence-electron chi connectivity index (χ0n) is 15.6. The van der Waals surface area contributed by atoms with Gasteiger partial charge in [-0.2, -0.15) is 0 Å². The molecule has 29 heavy (non-hydrogen) atoms. The minimum absolute atomic E-state index is 0.209. The number of carbonyl (C=O) groups excluding carboxylic acids is 2. The maximum absolute atomic E-state index is 12.3. The summed E-state index contributed by atoms with van der Waals surface area (Å²) in [5.41, 5.74) is 14.8. The molecule has 0 bridgehead atoms. The summed E-state index contributed by atoms with van der Waals surface area (Å²) >= 11 is 0. The van der Waals surface area contributed by atoms with Crippen molar-refractivity contribution in [3.63, 3.8) is 0 Å². The lowest BCUT2D eigenvalue weighted by atomic mass is 10.1. The maximum Gasteiger partial charge on any atom is 0.255 e. The van der Waals surface area contributed by atoms with E-state index in [0.717, 1.165) is 11.1 Å². The van der Waals surface area contributed by atoms with Crippen LogP contribution in [0.4, 0.5) is 17.2 Å². The van der Waals surface area contributed by atoms with E-state index in [2.05, 4.69) is 15.6 Å². The highest BCUT2D eigenvalue weighted by molar-refractivity contribution is 6.04. The van der Waals surface area contributed by atoms with Crippen molar-refractivity contribution in [3.05, 3.63) is 89.6 Å². The highest BCUT2D eigenvalue weighted by atomic mass is 16.2. The monoisotopic (exact) mass is 387 g/mol. The minimum Gasteiger partial charge on any atom is -0.399 e. The van der Waals surface area contributed by atoms with E-state index in [1.54, 1.807) is 54.6 Å². The molecule has 7 heteroatoms. The molecule has 1 aromatic heterocycles. The van der Waals surface area contributed by atoms with Crippen molar-refractivity contribution in [3.8, 4) is 0 Å². The number of benzene rings is 2. The van der Waals surface area contributed by atoms with Crippen molar-refractivity contribution in [2.45, 2.75) is 6.54 Å². The molecule has 3 aromatic rings. The largest absolute Gasteiger partial charge is 0.399 e. The Hall–Kier alpha value is -4.13. The molecule has 0 fully saturated rings. The summed E-state index contributed by atoms with van der Waals surface area (Å²) < 4.78 is 0. The number of nitrogens with two attached hydrogens (primary N) is 2. The highest BCUT2D eigenvalue weighted by Gasteiger charge is 2.07. The van der Waals surface area contributed by atoms with Gasteiger partial charge < -0.3 is 22.1 Å². The number of nitrogens with one attached hydrogen (secondary N) is 2. The Morgan fingerprint density at radius 3 is 2.38 bits per heavy atom. The van der Waals surface area contributed by atoms with Crippen LogP contribution in [0.3, 0.4) is 0 Å². The Kier molecular flexibility index (Phi) is 6.22. The van der Waals surface area contributed by atoms with Gasteiger partial charge in [0.2, 0.25) is 5.91 Å². The van der Waals surface area contributed by atoms with E-state index < -0.39 is 0 Å². The Balaban J connectivity index is 1.51. The molecule has 0 atom stereocenters. The first kappa shape index (κ1) is 19.6. The number of amides is 2. The smallest absolute Gasteiger partial charge is 0.255 e. The Morgan fingerprint density at radius 2 is 1.69 bits per heavy atom. The second-order valence-corrected chi connectivity index (χ2v) is 6.34. The predicted octanol–water partition coefficient (Wildman–Crippen LogP) is 2.83. The molecule has 2 amide bonds. The Bertz CT molecular complexity index is 1030. The average molecular weight is 387 g/mol. The minimum atomic E-state index is -0.252. The van der Waals surface area contributed by atoms with Crippen molar-refractivity contribution >= 4 is 35.1 Å². The number of hydrogen-bond donors (Lipinski definition) is 4. The number of carbonyl (C=O) groups is 2. The van der Waals surface area contributed by atoms with Crippen LogP contribution in [0.2, 0.25) is 0 Å². The molecular weight excluding hydrogens is 366 g/mol. The van der Waals surface area contributed by atoms with Gasteiger partial charge >= 0.3 is 0 Å². The first-order valence-electron chi connectivity index (χ1n) is 8.93. The SMILES string of the molecule is Nc1ccc(C=CC(=O)NCc2ccc(C(=O)Nc3ccnc(N)c3)cc2)cc1. The van der Waals surface area contributed by atoms with Gasteiger partial charge in [0, 0.05) is 41.8 Å². The summed E-state index contributed by atoms with van der Waals surface area (Å²) in [6.07, 6.45) is 4.71. The lowest BCUT2D eigenvalue weighted by Gasteiger charge is -2.07. The molecule has 0 spiro atoms. The van der Waals surface area contributed by atoms with Crippen LogP contribution in [0.1, 0.15) is 21.5 Å². The van der Waals surface area contributed by atoms with E-state index in [0.29, 0.717) is 29.3 Å². The van der Waals surface area contributed by atoms with Crippen molar-refractivity contribution in [1.29, 1.82) is 0 Å². The van der Waals surface area contributed by atoms with Crippen LogP contribution < -0.4 is 22.1 Å². The van der Waals surface area contributed by atoms with E-state index in [1.807, 2.05) is 12.1 Å². The van der Waals surface area contributed by atoms with Gasteiger partial charge in [-0.3, -0.25) is 9.59 Å². The third kappa shape index (κ3) is 5.93. The van der Waals surface area contributed by atoms with Crippen LogP contribution in [0.15, 0.2) is 72.9 Å². The summed E-state index contributed by atoms with van der Waals surface area (Å²) in [5, 5.41) is 5.56. The first-order valence-corrected chi connectivity index (χ1v) is 8.93. The molecule has 2 aromatic carbocycles. The van der Waals surface area contributed by atoms with E-state index in [-0.39, 0.29) is 11.8 Å². The quantitative estimate of drug-likeness (QED) is 0.383. The fourth-order valence-corrected chi connectivity index (χ4v) is 2.53. The number of rotatable bonds is 6. The number of nitrogens with zero attached hydrogens (tertiary/aromatic N) is 1. The van der Waals surface area contributed by atoms with Crippen molar-refractivity contribution in [2.75, 3.05) is 16.8 Å². The Morgan fingerprint density at radius 1 is 0.966 bits per heavy atom. The highest BCUT2D eigenvalue weighted by Crippen LogP contribution is 2.12. The number of anilines is 3. The fraction of sp³-hybridized carbons (Fsp3) is 0.0455. The van der Waals surface area contributed by atoms with E-state index in [9.17, 15) is 9.59 Å². The third-order valence-electron chi connectivity index (χ3n) is 4.09. The van der Waals surface area contributed by atoms with Crippen LogP contribution in [-0.4, -0.2) is 16.8 Å². The zero-order valence-corrected chi connectivity index (χ0v) is 15.6. The molecular formula is C22H21N5O2. The van der Waals surface area contributed by atoms with Gasteiger partial charge in [-0.1, -0.05) is 24.3 Å². The van der Waals surface area contributed by atoms with Gasteiger partial charge in [-0.15, -0.1) is 0 Å². The summed E-state index contributed by atoms with van der Waals surface area (Å²) in [5.74, 6) is -0.129. The zero-order chi connectivity index (χ0) is 20.6. The van der Waals surface area contributed by atoms with Crippen LogP contribution >= 0.6 is 0 Å². The maximum atomic E-state index is 12.3. The molecule has 7 nitrogen and oxygen atoms in total. The van der Waals surface area contributed by atoms with Crippen LogP contribution in [-0.2, 0) is 11.3 Å². The number of hydrogen-bond acceptors (Lipinski definition) is 5. The standard InChI is InChI=1S/C22H21N5O2/c23-18-8-3-15(4-9-18)5-10-21(28)26-14-16-1-6-17(7-2-16)22(29)27-19-11-12-25-20(24)13-19/h1-13H,14,23H2,(H,26,28)(H3,24,25,27,29). The van der Waals surface area contributed by atoms with Gasteiger partial charge in [-0.05, 0) is 47.5 Å². The van der Waals surface area contributed by atoms with E-state index >= 15 is 0 Å². The van der Waals surface area contributed by atoms with Crippen molar-refractivity contribution < 1.29 is 9.59 Å². The predicted molar refractivity (Wildman–Crippen MR) is 115 cm³/mol. The first-order chi connectivity index (χ1) is 14.0. The topological polar surface area (TPSA) is 123 Å². The van der Waals surface area contributed by atoms with Crippen LogP contribution in [0, 0.1) is 0 Å². The molecule has 0 unspecified atom stereocenters. The van der Waals surface area contributed by atoms with Gasteiger partial charge in [0.1, 0.15) is 5.82 Å². The molecule has 0 radical (unpaired) electrons. The van der Waals surface area contributed by atoms with Crippen molar-refractivity contribution in [2.24, 2.45) is 0 Å². The number of pyridine rings is 1. The molecule has 0 aliphatic heterocycles. The van der Waals surface area contributed by atoms with Crippen LogP contribution in [0.25, 0.3) is 6.08 Å². The number of aromatic nitrogens is 1. The summed E-state index contributed by atoms with van der Waals surface area (Å²) in [7, 11) is 0. The molecule has 146 valence electrons. The molecule has 0 aliphatic rings. The van der Waals surface area contributed by atoms with Crippen molar-refractivity contribution in [1.82, 2.24) is 10.3 Å². The van der Waals surface area contributed by atoms with Gasteiger partial charge in [-0.25, -0.2) is 4.98 Å². The normalized spacial score (nSPS) is 10.6. The Labute approximate surface area is 168 Å². The molecule has 0 saturated heterocycles. The summed E-state index contributed by atoms with van der Waals surface area (Å²) in [4.78, 5) is 28.1. The summed E-state index contributed by atoms with van der Waals surface area (Å²) in [6, 6.07) is 17.5. The molecule has 6 N–H and O–H groups in total. The second kappa shape index (κ2) is 9.18. The lowest BCUT2D eigenvalue weighted by molar-refractivity contribution is -0.116. The van der Waals surface area contributed by atoms with E-state index in [4.69, 9.17) is 11.5 Å². The van der Waals surface area contributed by atoms with Gasteiger partial charge in [0.15, 0.2) is 0 Å². The summed E-state index contributed by atoms with van der Waals surface area (Å²) in [6.45, 7) is 0.355. The molecule has 0 saturated carbocycles. The fourth-order valence-electron chi connectivity index (χ4n) is 2.53. The third-order valence-corrected chi connectivity index (χ3v) is 4.09. The van der Waals surface area contributed by atoms with Gasteiger partial charge in [0.05, 0.1) is 0 Å². The second-order valence-electron chi connectivity index (χ2n) is 6.34. The molecule has 3 rings (SSSR count). The van der Waals surface area contributed by atoms with Gasteiger partial charge in [0.25, 0.3) is 5.91 Å². The lowest BCUT2D eigenvalue weighted by Crippen LogP contribution is -2.20. The average Bonchev–Trinajstić information content (AvgIpc) is 2.72. The van der Waals surface area contributed by atoms with E-state index in [1.165, 1.54) is 12.3 Å². The number of nitrogen functional groups attached to an aromatic ring is 2. The molecule has 0 aliphatic carbocycles. The van der Waals surface area contributed by atoms with Crippen LogP contribution in [0.5, 0.6) is 0 Å².